The topological polar surface area (TPSA) is 68.6 Å². The smallest absolute Gasteiger partial charge is 0.255 e. The van der Waals surface area contributed by atoms with Gasteiger partial charge >= 0.3 is 0 Å². The highest BCUT2D eigenvalue weighted by atomic mass is 16.5. The van der Waals surface area contributed by atoms with Crippen LogP contribution in [0.1, 0.15) is 24.2 Å². The molecule has 2 aromatic carbocycles. The molecule has 1 unspecified atom stereocenters. The van der Waals surface area contributed by atoms with Crippen molar-refractivity contribution in [2.24, 2.45) is 5.92 Å². The Kier molecular flexibility index (Phi) is 7.42. The van der Waals surface area contributed by atoms with Crippen molar-refractivity contribution >= 4 is 5.91 Å². The van der Waals surface area contributed by atoms with Crippen molar-refractivity contribution in [3.05, 3.63) is 66.4 Å². The van der Waals surface area contributed by atoms with Gasteiger partial charge < -0.3 is 14.8 Å². The average Bonchev–Trinajstić information content (AvgIpc) is 3.31. The van der Waals surface area contributed by atoms with E-state index in [0.717, 1.165) is 43.3 Å². The van der Waals surface area contributed by atoms with E-state index in [9.17, 15) is 4.79 Å². The van der Waals surface area contributed by atoms with Gasteiger partial charge in [-0.15, -0.1) is 0 Å². The highest BCUT2D eigenvalue weighted by Crippen LogP contribution is 2.26. The van der Waals surface area contributed by atoms with Crippen LogP contribution in [0.3, 0.4) is 0 Å². The predicted molar refractivity (Wildman–Crippen MR) is 129 cm³/mol. The van der Waals surface area contributed by atoms with Gasteiger partial charge in [0.1, 0.15) is 11.4 Å². The van der Waals surface area contributed by atoms with Crippen molar-refractivity contribution in [2.75, 3.05) is 40.0 Å². The van der Waals surface area contributed by atoms with Gasteiger partial charge in [0.05, 0.1) is 31.6 Å². The zero-order valence-corrected chi connectivity index (χ0v) is 19.5. The molecule has 1 saturated heterocycles. The number of hydrogen-bond acceptors (Lipinski definition) is 5. The van der Waals surface area contributed by atoms with Gasteiger partial charge in [0.25, 0.3) is 5.91 Å². The second-order valence-electron chi connectivity index (χ2n) is 8.57. The van der Waals surface area contributed by atoms with Crippen molar-refractivity contribution in [3.63, 3.8) is 0 Å². The maximum atomic E-state index is 13.4. The molecule has 4 rings (SSSR count). The fourth-order valence-corrected chi connectivity index (χ4v) is 4.20. The third-order valence-electron chi connectivity index (χ3n) is 6.10. The van der Waals surface area contributed by atoms with Crippen LogP contribution in [-0.4, -0.2) is 66.6 Å². The van der Waals surface area contributed by atoms with E-state index in [1.54, 1.807) is 11.8 Å². The van der Waals surface area contributed by atoms with Crippen LogP contribution >= 0.6 is 0 Å². The number of para-hydroxylation sites is 1. The summed E-state index contributed by atoms with van der Waals surface area (Å²) < 4.78 is 12.5. The minimum absolute atomic E-state index is 0.123. The average molecular weight is 449 g/mol. The van der Waals surface area contributed by atoms with Crippen LogP contribution in [0, 0.1) is 5.92 Å². The molecule has 7 heteroatoms. The largest absolute Gasteiger partial charge is 0.497 e. The van der Waals surface area contributed by atoms with Crippen LogP contribution in [0.25, 0.3) is 16.9 Å². The van der Waals surface area contributed by atoms with Crippen LogP contribution in [0.2, 0.25) is 0 Å². The highest BCUT2D eigenvalue weighted by Gasteiger charge is 2.26. The quantitative estimate of drug-likeness (QED) is 0.570. The molecule has 0 spiro atoms. The Bertz CT molecular complexity index is 1040. The SMILES string of the molecule is COc1ccc(-c2nn(-c3ccccc3)cc2C(=O)NCC(C(C)C)N2CCOCC2)cc1. The number of nitrogens with one attached hydrogen (secondary N) is 1. The zero-order valence-electron chi connectivity index (χ0n) is 19.5. The second-order valence-corrected chi connectivity index (χ2v) is 8.57. The Morgan fingerprint density at radius 1 is 1.09 bits per heavy atom. The Balaban J connectivity index is 1.60. The number of rotatable bonds is 8. The summed E-state index contributed by atoms with van der Waals surface area (Å²) in [5, 5.41) is 7.94. The van der Waals surface area contributed by atoms with Gasteiger partial charge in [-0.25, -0.2) is 4.68 Å². The summed E-state index contributed by atoms with van der Waals surface area (Å²) in [6.07, 6.45) is 1.81. The van der Waals surface area contributed by atoms with E-state index in [1.165, 1.54) is 0 Å². The number of morpholine rings is 1. The lowest BCUT2D eigenvalue weighted by molar-refractivity contribution is 0.00673. The molecule has 1 aliphatic rings. The van der Waals surface area contributed by atoms with Crippen molar-refractivity contribution in [1.82, 2.24) is 20.0 Å². The molecular formula is C26H32N4O3. The van der Waals surface area contributed by atoms with E-state index < -0.39 is 0 Å². The minimum Gasteiger partial charge on any atom is -0.497 e. The third-order valence-corrected chi connectivity index (χ3v) is 6.10. The summed E-state index contributed by atoms with van der Waals surface area (Å²) in [5.41, 5.74) is 2.96. The van der Waals surface area contributed by atoms with E-state index in [0.29, 0.717) is 23.7 Å². The number of carbonyl (C=O) groups is 1. The summed E-state index contributed by atoms with van der Waals surface area (Å²) in [4.78, 5) is 15.8. The predicted octanol–water partition coefficient (Wildman–Crippen LogP) is 3.63. The summed E-state index contributed by atoms with van der Waals surface area (Å²) in [6, 6.07) is 17.7. The molecule has 0 saturated carbocycles. The third kappa shape index (κ3) is 5.43. The molecule has 1 atom stereocenters. The minimum atomic E-state index is -0.123. The molecule has 33 heavy (non-hydrogen) atoms. The molecular weight excluding hydrogens is 416 g/mol. The first-order valence-corrected chi connectivity index (χ1v) is 11.5. The molecule has 1 N–H and O–H groups in total. The monoisotopic (exact) mass is 448 g/mol. The van der Waals surface area contributed by atoms with Crippen LogP contribution in [-0.2, 0) is 4.74 Å². The van der Waals surface area contributed by atoms with Crippen LogP contribution in [0.5, 0.6) is 5.75 Å². The fourth-order valence-electron chi connectivity index (χ4n) is 4.20. The molecule has 3 aromatic rings. The lowest BCUT2D eigenvalue weighted by Gasteiger charge is -2.36. The normalized spacial score (nSPS) is 15.4. The van der Waals surface area contributed by atoms with Gasteiger partial charge in [-0.3, -0.25) is 9.69 Å². The van der Waals surface area contributed by atoms with Crippen LogP contribution < -0.4 is 10.1 Å². The van der Waals surface area contributed by atoms with Gasteiger partial charge in [0, 0.05) is 37.4 Å². The molecule has 0 bridgehead atoms. The Labute approximate surface area is 195 Å². The van der Waals surface area contributed by atoms with Gasteiger partial charge in [-0.2, -0.15) is 5.10 Å². The van der Waals surface area contributed by atoms with Crippen LogP contribution in [0.15, 0.2) is 60.8 Å². The van der Waals surface area contributed by atoms with E-state index >= 15 is 0 Å². The maximum Gasteiger partial charge on any atom is 0.255 e. The summed E-state index contributed by atoms with van der Waals surface area (Å²) in [5.74, 6) is 1.05. The fraction of sp³-hybridized carbons (Fsp3) is 0.385. The van der Waals surface area contributed by atoms with Crippen molar-refractivity contribution in [3.8, 4) is 22.7 Å². The molecule has 1 amide bonds. The van der Waals surface area contributed by atoms with Crippen molar-refractivity contribution in [2.45, 2.75) is 19.9 Å². The number of hydrogen-bond donors (Lipinski definition) is 1. The Hall–Kier alpha value is -3.16. The Morgan fingerprint density at radius 2 is 1.79 bits per heavy atom. The molecule has 1 fully saturated rings. The standard InChI is InChI=1S/C26H32N4O3/c1-19(2)24(29-13-15-33-16-14-29)17-27-26(31)23-18-30(21-7-5-4-6-8-21)28-25(23)20-9-11-22(32-3)12-10-20/h4-12,18-19,24H,13-17H2,1-3H3,(H,27,31). The first-order valence-electron chi connectivity index (χ1n) is 11.5. The number of ether oxygens (including phenoxy) is 2. The van der Waals surface area contributed by atoms with Crippen molar-refractivity contribution in [1.29, 1.82) is 0 Å². The second kappa shape index (κ2) is 10.6. The number of carbonyl (C=O) groups excluding carboxylic acids is 1. The van der Waals surface area contributed by atoms with Gasteiger partial charge in [-0.05, 0) is 42.3 Å². The summed E-state index contributed by atoms with van der Waals surface area (Å²) in [6.45, 7) is 8.23. The number of methoxy groups -OCH3 is 1. The Morgan fingerprint density at radius 3 is 2.42 bits per heavy atom. The molecule has 0 radical (unpaired) electrons. The van der Waals surface area contributed by atoms with E-state index in [-0.39, 0.29) is 11.9 Å². The number of nitrogens with zero attached hydrogens (tertiary/aromatic N) is 3. The summed E-state index contributed by atoms with van der Waals surface area (Å²) >= 11 is 0. The first kappa shape index (κ1) is 23.0. The van der Waals surface area contributed by atoms with E-state index in [4.69, 9.17) is 14.6 Å². The number of amides is 1. The van der Waals surface area contributed by atoms with Crippen LogP contribution in [0.4, 0.5) is 0 Å². The lowest BCUT2D eigenvalue weighted by atomic mass is 10.0. The van der Waals surface area contributed by atoms with Gasteiger partial charge in [-0.1, -0.05) is 32.0 Å². The molecule has 1 aromatic heterocycles. The molecule has 2 heterocycles. The molecule has 1 aliphatic heterocycles. The van der Waals surface area contributed by atoms with Crippen molar-refractivity contribution < 1.29 is 14.3 Å². The summed E-state index contributed by atoms with van der Waals surface area (Å²) in [7, 11) is 1.64. The van der Waals surface area contributed by atoms with Gasteiger partial charge in [0.2, 0.25) is 0 Å². The van der Waals surface area contributed by atoms with E-state index in [1.807, 2.05) is 60.8 Å². The lowest BCUT2D eigenvalue weighted by Crippen LogP contribution is -2.51. The molecule has 0 aliphatic carbocycles. The molecule has 7 nitrogen and oxygen atoms in total. The zero-order chi connectivity index (χ0) is 23.2. The number of benzene rings is 2. The highest BCUT2D eigenvalue weighted by molar-refractivity contribution is 6.00. The number of aromatic nitrogens is 2. The molecule has 174 valence electrons. The maximum absolute atomic E-state index is 13.4. The van der Waals surface area contributed by atoms with E-state index in [2.05, 4.69) is 24.1 Å². The van der Waals surface area contributed by atoms with Gasteiger partial charge in [0.15, 0.2) is 0 Å². The first-order chi connectivity index (χ1) is 16.1.